The molecule has 0 radical (unpaired) electrons. The van der Waals surface area contributed by atoms with Gasteiger partial charge in [-0.25, -0.2) is 0 Å². The molecule has 0 aromatic carbocycles. The molecular formula is C10H9N3O2. The summed E-state index contributed by atoms with van der Waals surface area (Å²) >= 11 is 0. The van der Waals surface area contributed by atoms with Gasteiger partial charge in [-0.05, 0) is 12.1 Å². The highest BCUT2D eigenvalue weighted by atomic mass is 16.5. The van der Waals surface area contributed by atoms with Crippen LogP contribution >= 0.6 is 0 Å². The summed E-state index contributed by atoms with van der Waals surface area (Å²) in [6.45, 7) is 0.334. The van der Waals surface area contributed by atoms with Crippen molar-refractivity contribution in [2.75, 3.05) is 18.5 Å². The molecule has 0 atom stereocenters. The molecule has 0 saturated carbocycles. The Kier molecular flexibility index (Phi) is 2.35. The van der Waals surface area contributed by atoms with E-state index in [4.69, 9.17) is 10.00 Å². The summed E-state index contributed by atoms with van der Waals surface area (Å²) in [6.07, 6.45) is 3.15. The van der Waals surface area contributed by atoms with E-state index >= 15 is 0 Å². The summed E-state index contributed by atoms with van der Waals surface area (Å²) in [7, 11) is 0. The van der Waals surface area contributed by atoms with Crippen molar-refractivity contribution in [1.29, 1.82) is 5.26 Å². The number of anilines is 1. The van der Waals surface area contributed by atoms with Crippen LogP contribution < -0.4 is 5.32 Å². The third-order valence-corrected chi connectivity index (χ3v) is 2.28. The van der Waals surface area contributed by atoms with Crippen molar-refractivity contribution in [3.8, 4) is 6.07 Å². The van der Waals surface area contributed by atoms with E-state index in [0.29, 0.717) is 5.69 Å². The van der Waals surface area contributed by atoms with Gasteiger partial charge in [0.1, 0.15) is 0 Å². The Balaban J connectivity index is 2.08. The first-order valence-corrected chi connectivity index (χ1v) is 4.47. The van der Waals surface area contributed by atoms with E-state index in [1.54, 1.807) is 24.5 Å². The fourth-order valence-electron chi connectivity index (χ4n) is 1.24. The van der Waals surface area contributed by atoms with E-state index < -0.39 is 5.41 Å². The molecule has 1 saturated heterocycles. The Bertz CT molecular complexity index is 406. The van der Waals surface area contributed by atoms with Crippen LogP contribution in [0.25, 0.3) is 0 Å². The number of nitriles is 1. The average molecular weight is 203 g/mol. The van der Waals surface area contributed by atoms with Crippen LogP contribution in [0.5, 0.6) is 0 Å². The second kappa shape index (κ2) is 3.67. The molecule has 15 heavy (non-hydrogen) atoms. The van der Waals surface area contributed by atoms with Gasteiger partial charge in [0.05, 0.1) is 19.3 Å². The number of amides is 1. The zero-order valence-corrected chi connectivity index (χ0v) is 7.93. The molecule has 0 aliphatic carbocycles. The minimum absolute atomic E-state index is 0.167. The first-order chi connectivity index (χ1) is 7.27. The number of carbonyl (C=O) groups is 1. The highest BCUT2D eigenvalue weighted by molar-refractivity contribution is 5.97. The van der Waals surface area contributed by atoms with Gasteiger partial charge in [-0.2, -0.15) is 5.26 Å². The molecule has 1 fully saturated rings. The summed E-state index contributed by atoms with van der Waals surface area (Å²) in [5, 5.41) is 11.5. The second-order valence-corrected chi connectivity index (χ2v) is 3.38. The maximum absolute atomic E-state index is 11.7. The monoisotopic (exact) mass is 203 g/mol. The summed E-state index contributed by atoms with van der Waals surface area (Å²) in [4.78, 5) is 15.5. The molecule has 1 aromatic rings. The van der Waals surface area contributed by atoms with E-state index in [2.05, 4.69) is 10.3 Å². The van der Waals surface area contributed by atoms with E-state index in [1.165, 1.54) is 0 Å². The molecule has 1 aliphatic rings. The summed E-state index contributed by atoms with van der Waals surface area (Å²) < 4.78 is 4.89. The van der Waals surface area contributed by atoms with Crippen molar-refractivity contribution in [2.45, 2.75) is 0 Å². The Morgan fingerprint density at radius 2 is 2.20 bits per heavy atom. The summed E-state index contributed by atoms with van der Waals surface area (Å²) in [5.74, 6) is -0.317. The summed E-state index contributed by atoms with van der Waals surface area (Å²) in [6, 6.07) is 5.32. The maximum atomic E-state index is 11.7. The van der Waals surface area contributed by atoms with Crippen molar-refractivity contribution in [3.63, 3.8) is 0 Å². The molecule has 76 valence electrons. The Labute approximate surface area is 86.7 Å². The predicted octanol–water partition coefficient (Wildman–Crippen LogP) is 0.560. The lowest BCUT2D eigenvalue weighted by molar-refractivity contribution is -0.144. The van der Waals surface area contributed by atoms with Crippen LogP contribution in [0.15, 0.2) is 24.5 Å². The number of nitrogens with one attached hydrogen (secondary N) is 1. The van der Waals surface area contributed by atoms with Gasteiger partial charge in [-0.3, -0.25) is 9.78 Å². The van der Waals surface area contributed by atoms with Crippen molar-refractivity contribution in [2.24, 2.45) is 5.41 Å². The number of hydrogen-bond donors (Lipinski definition) is 1. The fraction of sp³-hybridized carbons (Fsp3) is 0.300. The molecule has 5 heteroatoms. The molecule has 2 rings (SSSR count). The van der Waals surface area contributed by atoms with Gasteiger partial charge in [0.25, 0.3) is 0 Å². The molecule has 1 N–H and O–H groups in total. The molecule has 2 heterocycles. The molecule has 0 bridgehead atoms. The lowest BCUT2D eigenvalue weighted by atomic mass is 9.87. The van der Waals surface area contributed by atoms with Gasteiger partial charge >= 0.3 is 0 Å². The number of aromatic nitrogens is 1. The van der Waals surface area contributed by atoms with Crippen LogP contribution in [0.4, 0.5) is 5.69 Å². The second-order valence-electron chi connectivity index (χ2n) is 3.38. The first kappa shape index (κ1) is 9.62. The normalized spacial score (nSPS) is 17.3. The van der Waals surface area contributed by atoms with Crippen LogP contribution in [-0.2, 0) is 9.53 Å². The van der Waals surface area contributed by atoms with Gasteiger partial charge in [0.15, 0.2) is 5.41 Å². The lowest BCUT2D eigenvalue weighted by Crippen LogP contribution is -2.50. The van der Waals surface area contributed by atoms with Gasteiger partial charge in [-0.15, -0.1) is 0 Å². The standard InChI is InChI=1S/C10H9N3O2/c11-5-10(6-15-7-10)9(14)13-8-1-3-12-4-2-8/h1-4H,6-7H2,(H,12,13,14). The smallest absolute Gasteiger partial charge is 0.249 e. The van der Waals surface area contributed by atoms with Gasteiger partial charge in [-0.1, -0.05) is 0 Å². The average Bonchev–Trinajstić information content (AvgIpc) is 2.18. The van der Waals surface area contributed by atoms with Crippen LogP contribution in [0.2, 0.25) is 0 Å². The first-order valence-electron chi connectivity index (χ1n) is 4.47. The van der Waals surface area contributed by atoms with Crippen LogP contribution in [0, 0.1) is 16.7 Å². The van der Waals surface area contributed by atoms with Crippen molar-refractivity contribution >= 4 is 11.6 Å². The number of pyridine rings is 1. The molecular weight excluding hydrogens is 194 g/mol. The highest BCUT2D eigenvalue weighted by Crippen LogP contribution is 2.27. The Morgan fingerprint density at radius 1 is 1.53 bits per heavy atom. The highest BCUT2D eigenvalue weighted by Gasteiger charge is 2.46. The summed E-state index contributed by atoms with van der Waals surface area (Å²) in [5.41, 5.74) is -0.375. The number of carbonyl (C=O) groups excluding carboxylic acids is 1. The molecule has 1 aromatic heterocycles. The number of rotatable bonds is 2. The molecule has 1 amide bonds. The van der Waals surface area contributed by atoms with E-state index in [1.807, 2.05) is 6.07 Å². The SMILES string of the molecule is N#CC1(C(=O)Nc2ccncc2)COC1. The topological polar surface area (TPSA) is 75.0 Å². The molecule has 1 aliphatic heterocycles. The third kappa shape index (κ3) is 1.67. The van der Waals surface area contributed by atoms with Crippen molar-refractivity contribution < 1.29 is 9.53 Å². The third-order valence-electron chi connectivity index (χ3n) is 2.28. The predicted molar refractivity (Wildman–Crippen MR) is 51.7 cm³/mol. The number of hydrogen-bond acceptors (Lipinski definition) is 4. The molecule has 0 spiro atoms. The van der Waals surface area contributed by atoms with Crippen LogP contribution in [-0.4, -0.2) is 24.1 Å². The van der Waals surface area contributed by atoms with Crippen molar-refractivity contribution in [1.82, 2.24) is 4.98 Å². The lowest BCUT2D eigenvalue weighted by Gasteiger charge is -2.33. The fourth-order valence-corrected chi connectivity index (χ4v) is 1.24. The largest absolute Gasteiger partial charge is 0.377 e. The minimum Gasteiger partial charge on any atom is -0.377 e. The molecule has 5 nitrogen and oxygen atoms in total. The van der Waals surface area contributed by atoms with E-state index in [-0.39, 0.29) is 19.1 Å². The van der Waals surface area contributed by atoms with Crippen LogP contribution in [0.1, 0.15) is 0 Å². The quantitative estimate of drug-likeness (QED) is 0.762. The zero-order chi connectivity index (χ0) is 10.7. The number of ether oxygens (including phenoxy) is 1. The van der Waals surface area contributed by atoms with E-state index in [9.17, 15) is 4.79 Å². The van der Waals surface area contributed by atoms with Gasteiger partial charge < -0.3 is 10.1 Å². The van der Waals surface area contributed by atoms with Gasteiger partial charge in [0, 0.05) is 18.1 Å². The number of nitrogens with zero attached hydrogens (tertiary/aromatic N) is 2. The molecule has 0 unspecified atom stereocenters. The van der Waals surface area contributed by atoms with Crippen LogP contribution in [0.3, 0.4) is 0 Å². The zero-order valence-electron chi connectivity index (χ0n) is 7.93. The van der Waals surface area contributed by atoms with Gasteiger partial charge in [0.2, 0.25) is 5.91 Å². The van der Waals surface area contributed by atoms with E-state index in [0.717, 1.165) is 0 Å². The maximum Gasteiger partial charge on any atom is 0.249 e. The van der Waals surface area contributed by atoms with Crippen molar-refractivity contribution in [3.05, 3.63) is 24.5 Å². The minimum atomic E-state index is -1.01. The Morgan fingerprint density at radius 3 is 2.67 bits per heavy atom. The Hall–Kier alpha value is -1.93.